The Hall–Kier alpha value is -1.07. The average Bonchev–Trinajstić information content (AvgIpc) is 2.86. The number of hydrogen-bond acceptors (Lipinski definition) is 5. The molecule has 2 rings (SSSR count). The zero-order valence-corrected chi connectivity index (χ0v) is 13.1. The summed E-state index contributed by atoms with van der Waals surface area (Å²) >= 11 is 3.27. The Morgan fingerprint density at radius 1 is 1.26 bits per heavy atom. The van der Waals surface area contributed by atoms with Crippen LogP contribution in [0.2, 0.25) is 0 Å². The Morgan fingerprint density at radius 2 is 2.00 bits per heavy atom. The van der Waals surface area contributed by atoms with Crippen LogP contribution in [0, 0.1) is 5.92 Å². The maximum Gasteiger partial charge on any atom is 0.202 e. The summed E-state index contributed by atoms with van der Waals surface area (Å²) in [6.07, 6.45) is 0. The van der Waals surface area contributed by atoms with Gasteiger partial charge in [-0.25, -0.2) is 0 Å². The van der Waals surface area contributed by atoms with Gasteiger partial charge in [0.1, 0.15) is 0 Å². The molecule has 0 fully saturated rings. The molecule has 5 heteroatoms. The van der Waals surface area contributed by atoms with Crippen LogP contribution in [0.3, 0.4) is 0 Å². The molecule has 0 atom stereocenters. The molecule has 0 saturated carbocycles. The molecular formula is C14H19N3S2. The van der Waals surface area contributed by atoms with E-state index in [9.17, 15) is 0 Å². The lowest BCUT2D eigenvalue weighted by Gasteiger charge is -2.03. The molecule has 0 aliphatic rings. The van der Waals surface area contributed by atoms with E-state index in [1.54, 1.807) is 0 Å². The predicted molar refractivity (Wildman–Crippen MR) is 85.1 cm³/mol. The summed E-state index contributed by atoms with van der Waals surface area (Å²) in [5, 5.41) is 4.21. The number of thioether (sulfide) groups is 1. The second-order valence-electron chi connectivity index (χ2n) is 4.66. The minimum atomic E-state index is 0.609. The minimum Gasteiger partial charge on any atom is -0.360 e. The molecule has 1 heterocycles. The van der Waals surface area contributed by atoms with E-state index in [0.29, 0.717) is 5.92 Å². The highest BCUT2D eigenvalue weighted by atomic mass is 32.2. The quantitative estimate of drug-likeness (QED) is 0.802. The van der Waals surface area contributed by atoms with Crippen LogP contribution < -0.4 is 5.32 Å². The van der Waals surface area contributed by atoms with Crippen LogP contribution in [0.15, 0.2) is 29.2 Å². The molecule has 0 spiro atoms. The molecule has 2 aromatic rings. The molecule has 0 radical (unpaired) electrons. The molecule has 1 aromatic heterocycles. The first-order chi connectivity index (χ1) is 9.19. The summed E-state index contributed by atoms with van der Waals surface area (Å²) in [6.45, 7) is 7.45. The van der Waals surface area contributed by atoms with Crippen molar-refractivity contribution in [3.63, 3.8) is 0 Å². The Kier molecular flexibility index (Phi) is 5.22. The third kappa shape index (κ3) is 4.21. The number of nitrogens with zero attached hydrogens (tertiary/aromatic N) is 2. The Labute approximate surface area is 123 Å². The van der Waals surface area contributed by atoms with Gasteiger partial charge >= 0.3 is 0 Å². The minimum absolute atomic E-state index is 0.609. The number of aromatic nitrogens is 2. The Morgan fingerprint density at radius 3 is 2.63 bits per heavy atom. The van der Waals surface area contributed by atoms with E-state index in [1.165, 1.54) is 16.4 Å². The zero-order valence-electron chi connectivity index (χ0n) is 11.5. The van der Waals surface area contributed by atoms with E-state index in [4.69, 9.17) is 0 Å². The average molecular weight is 293 g/mol. The third-order valence-corrected chi connectivity index (χ3v) is 4.08. The van der Waals surface area contributed by atoms with Gasteiger partial charge < -0.3 is 5.32 Å². The molecule has 1 aromatic carbocycles. The van der Waals surface area contributed by atoms with Gasteiger partial charge in [-0.15, -0.1) is 11.8 Å². The van der Waals surface area contributed by atoms with Crippen molar-refractivity contribution < 1.29 is 0 Å². The van der Waals surface area contributed by atoms with Gasteiger partial charge in [0.25, 0.3) is 0 Å². The van der Waals surface area contributed by atoms with Crippen LogP contribution in [0.4, 0.5) is 5.13 Å². The fraction of sp³-hybridized carbons (Fsp3) is 0.429. The highest BCUT2D eigenvalue weighted by Crippen LogP contribution is 2.24. The maximum atomic E-state index is 4.52. The van der Waals surface area contributed by atoms with E-state index < -0.39 is 0 Å². The topological polar surface area (TPSA) is 37.8 Å². The van der Waals surface area contributed by atoms with Crippen LogP contribution >= 0.6 is 23.3 Å². The van der Waals surface area contributed by atoms with Gasteiger partial charge in [-0.3, -0.25) is 0 Å². The first kappa shape index (κ1) is 14.3. The molecule has 1 N–H and O–H groups in total. The SMILES string of the molecule is CCSc1ccc(-c2nsc(NCC(C)C)n2)cc1. The van der Waals surface area contributed by atoms with Crippen molar-refractivity contribution in [3.8, 4) is 11.4 Å². The number of rotatable bonds is 6. The molecule has 0 unspecified atom stereocenters. The van der Waals surface area contributed by atoms with Crippen molar-refractivity contribution in [2.24, 2.45) is 5.92 Å². The number of benzene rings is 1. The summed E-state index contributed by atoms with van der Waals surface area (Å²) in [7, 11) is 0. The van der Waals surface area contributed by atoms with Crippen molar-refractivity contribution in [1.82, 2.24) is 9.36 Å². The van der Waals surface area contributed by atoms with Crippen molar-refractivity contribution in [2.45, 2.75) is 25.7 Å². The monoisotopic (exact) mass is 293 g/mol. The van der Waals surface area contributed by atoms with E-state index in [2.05, 4.69) is 59.7 Å². The van der Waals surface area contributed by atoms with Gasteiger partial charge in [-0.05, 0) is 23.8 Å². The fourth-order valence-electron chi connectivity index (χ4n) is 1.57. The van der Waals surface area contributed by atoms with Gasteiger partial charge in [0.05, 0.1) is 0 Å². The summed E-state index contributed by atoms with van der Waals surface area (Å²) in [5.41, 5.74) is 1.08. The lowest BCUT2D eigenvalue weighted by molar-refractivity contribution is 0.688. The summed E-state index contributed by atoms with van der Waals surface area (Å²) in [6, 6.07) is 8.44. The highest BCUT2D eigenvalue weighted by molar-refractivity contribution is 7.99. The van der Waals surface area contributed by atoms with Crippen molar-refractivity contribution in [3.05, 3.63) is 24.3 Å². The zero-order chi connectivity index (χ0) is 13.7. The molecule has 3 nitrogen and oxygen atoms in total. The first-order valence-corrected chi connectivity index (χ1v) is 8.25. The second kappa shape index (κ2) is 6.91. The van der Waals surface area contributed by atoms with Crippen LogP contribution in [0.25, 0.3) is 11.4 Å². The Balaban J connectivity index is 2.05. The number of hydrogen-bond donors (Lipinski definition) is 1. The summed E-state index contributed by atoms with van der Waals surface area (Å²) < 4.78 is 4.40. The van der Waals surface area contributed by atoms with Gasteiger partial charge in [0.2, 0.25) is 5.13 Å². The molecule has 0 aliphatic carbocycles. The largest absolute Gasteiger partial charge is 0.360 e. The summed E-state index contributed by atoms with van der Waals surface area (Å²) in [4.78, 5) is 5.81. The normalized spacial score (nSPS) is 10.9. The van der Waals surface area contributed by atoms with Gasteiger partial charge in [0.15, 0.2) is 5.82 Å². The number of nitrogens with one attached hydrogen (secondary N) is 1. The van der Waals surface area contributed by atoms with Crippen LogP contribution in [-0.4, -0.2) is 21.7 Å². The van der Waals surface area contributed by atoms with Gasteiger partial charge in [-0.1, -0.05) is 32.9 Å². The third-order valence-electron chi connectivity index (χ3n) is 2.51. The molecule has 0 saturated heterocycles. The molecule has 0 amide bonds. The molecule has 0 aliphatic heterocycles. The smallest absolute Gasteiger partial charge is 0.202 e. The van der Waals surface area contributed by atoms with E-state index in [0.717, 1.165) is 28.8 Å². The maximum absolute atomic E-state index is 4.52. The standard InChI is InChI=1S/C14H19N3S2/c1-4-18-12-7-5-11(6-8-12)13-16-14(19-17-13)15-9-10(2)3/h5-8,10H,4,9H2,1-3H3,(H,15,16,17). The fourth-order valence-corrected chi connectivity index (χ4v) is 2.83. The summed E-state index contributed by atoms with van der Waals surface area (Å²) in [5.74, 6) is 2.51. The van der Waals surface area contributed by atoms with Crippen molar-refractivity contribution >= 4 is 28.4 Å². The van der Waals surface area contributed by atoms with Crippen LogP contribution in [-0.2, 0) is 0 Å². The molecule has 102 valence electrons. The van der Waals surface area contributed by atoms with Crippen molar-refractivity contribution in [1.29, 1.82) is 0 Å². The number of anilines is 1. The lowest BCUT2D eigenvalue weighted by atomic mass is 10.2. The van der Waals surface area contributed by atoms with E-state index >= 15 is 0 Å². The Bertz CT molecular complexity index is 506. The molecule has 0 bridgehead atoms. The van der Waals surface area contributed by atoms with Crippen molar-refractivity contribution in [2.75, 3.05) is 17.6 Å². The second-order valence-corrected chi connectivity index (χ2v) is 6.74. The van der Waals surface area contributed by atoms with Crippen LogP contribution in [0.5, 0.6) is 0 Å². The van der Waals surface area contributed by atoms with Crippen LogP contribution in [0.1, 0.15) is 20.8 Å². The molecular weight excluding hydrogens is 274 g/mol. The van der Waals surface area contributed by atoms with Gasteiger partial charge in [0, 0.05) is 28.5 Å². The first-order valence-electron chi connectivity index (χ1n) is 6.50. The lowest BCUT2D eigenvalue weighted by Crippen LogP contribution is -2.07. The highest BCUT2D eigenvalue weighted by Gasteiger charge is 2.06. The van der Waals surface area contributed by atoms with Gasteiger partial charge in [-0.2, -0.15) is 9.36 Å². The van der Waals surface area contributed by atoms with E-state index in [1.807, 2.05) is 11.8 Å². The van der Waals surface area contributed by atoms with E-state index in [-0.39, 0.29) is 0 Å². The predicted octanol–water partition coefficient (Wildman–Crippen LogP) is 4.39. The molecule has 19 heavy (non-hydrogen) atoms.